The van der Waals surface area contributed by atoms with Crippen LogP contribution in [0.5, 0.6) is 0 Å². The highest BCUT2D eigenvalue weighted by molar-refractivity contribution is 7.89. The molecule has 4 rings (SSSR count). The average Bonchev–Trinajstić information content (AvgIpc) is 2.70. The van der Waals surface area contributed by atoms with Gasteiger partial charge in [-0.05, 0) is 78.4 Å². The molecule has 0 amide bonds. The molecule has 1 aromatic rings. The van der Waals surface area contributed by atoms with Crippen LogP contribution in [-0.2, 0) is 20.2 Å². The maximum Gasteiger partial charge on any atom is 0.303 e. The third kappa shape index (κ3) is 5.45. The molecule has 2 N–H and O–H groups in total. The molecule has 3 aliphatic carbocycles. The highest BCUT2D eigenvalue weighted by Gasteiger charge is 2.57. The lowest BCUT2D eigenvalue weighted by atomic mass is 9.44. The molecule has 0 spiro atoms. The van der Waals surface area contributed by atoms with Crippen LogP contribution in [0.25, 0.3) is 0 Å². The molecule has 3 aliphatic rings. The topological polar surface area (TPSA) is 83.5 Å². The Morgan fingerprint density at radius 2 is 1.81 bits per heavy atom. The number of unbranched alkanes of at least 4 members (excludes halogenated alkanes) is 1. The van der Waals surface area contributed by atoms with E-state index in [0.29, 0.717) is 23.2 Å². The molecule has 0 radical (unpaired) electrons. The number of hydrogen-bond acceptors (Lipinski definition) is 3. The number of carboxylic acid groups (broad SMARTS) is 1. The maximum absolute atomic E-state index is 13.2. The fourth-order valence-corrected chi connectivity index (χ4v) is 6.85. The monoisotopic (exact) mass is 461 g/mol. The van der Waals surface area contributed by atoms with Gasteiger partial charge in [0.15, 0.2) is 0 Å². The smallest absolute Gasteiger partial charge is 0.303 e. The van der Waals surface area contributed by atoms with E-state index in [1.165, 1.54) is 6.42 Å². The predicted molar refractivity (Wildman–Crippen MR) is 128 cm³/mol. The molecule has 178 valence electrons. The van der Waals surface area contributed by atoms with Crippen LogP contribution in [-0.4, -0.2) is 25.5 Å². The number of fused-ring (bicyclic) bond motifs is 2. The first kappa shape index (κ1) is 25.0. The molecule has 0 aromatic heterocycles. The second-order valence-corrected chi connectivity index (χ2v) is 13.0. The Balaban J connectivity index is 1.70. The molecule has 3 fully saturated rings. The van der Waals surface area contributed by atoms with Crippen molar-refractivity contribution in [1.29, 1.82) is 0 Å². The normalized spacial score (nSPS) is 27.3. The summed E-state index contributed by atoms with van der Waals surface area (Å²) in [5.41, 5.74) is 1.34. The van der Waals surface area contributed by atoms with E-state index in [1.54, 1.807) is 12.1 Å². The zero-order valence-corrected chi connectivity index (χ0v) is 20.9. The van der Waals surface area contributed by atoms with E-state index >= 15 is 0 Å². The Bertz CT molecular complexity index is 941. The molecule has 6 heteroatoms. The minimum absolute atomic E-state index is 0.0200. The van der Waals surface area contributed by atoms with E-state index < -0.39 is 16.0 Å². The third-order valence-electron chi connectivity index (χ3n) is 7.79. The summed E-state index contributed by atoms with van der Waals surface area (Å²) in [5, 5.41) is 8.77. The SMILES string of the molecule is CC(C)(C)c1ccc(S(=O)(=O)N[C@H]2C[C@H]3C[C@@H]([C@@H]2CC=CCCCC(=O)O)C3(C)C)cc1. The number of carboxylic acids is 1. The van der Waals surface area contributed by atoms with E-state index in [9.17, 15) is 13.2 Å². The minimum Gasteiger partial charge on any atom is -0.481 e. The third-order valence-corrected chi connectivity index (χ3v) is 9.30. The van der Waals surface area contributed by atoms with Gasteiger partial charge in [-0.15, -0.1) is 0 Å². The van der Waals surface area contributed by atoms with Crippen molar-refractivity contribution < 1.29 is 18.3 Å². The van der Waals surface area contributed by atoms with Gasteiger partial charge >= 0.3 is 5.97 Å². The lowest BCUT2D eigenvalue weighted by molar-refractivity contribution is -0.137. The quantitative estimate of drug-likeness (QED) is 0.375. The van der Waals surface area contributed by atoms with Gasteiger partial charge in [0.25, 0.3) is 0 Å². The molecular weight excluding hydrogens is 422 g/mol. The van der Waals surface area contributed by atoms with Crippen LogP contribution in [0.4, 0.5) is 0 Å². The number of rotatable bonds is 9. The van der Waals surface area contributed by atoms with E-state index in [1.807, 2.05) is 12.1 Å². The minimum atomic E-state index is -3.58. The fraction of sp³-hybridized carbons (Fsp3) is 0.654. The van der Waals surface area contributed by atoms with Gasteiger partial charge in [0.2, 0.25) is 10.0 Å². The molecule has 32 heavy (non-hydrogen) atoms. The van der Waals surface area contributed by atoms with E-state index in [-0.39, 0.29) is 29.2 Å². The summed E-state index contributed by atoms with van der Waals surface area (Å²) in [6.07, 6.45) is 8.60. The zero-order valence-electron chi connectivity index (χ0n) is 20.1. The van der Waals surface area contributed by atoms with Crippen LogP contribution in [0.2, 0.25) is 0 Å². The van der Waals surface area contributed by atoms with Crippen molar-refractivity contribution in [3.05, 3.63) is 42.0 Å². The summed E-state index contributed by atoms with van der Waals surface area (Å²) >= 11 is 0. The number of nitrogens with one attached hydrogen (secondary N) is 1. The lowest BCUT2D eigenvalue weighted by Gasteiger charge is -2.62. The molecule has 0 aliphatic heterocycles. The van der Waals surface area contributed by atoms with Gasteiger partial charge < -0.3 is 5.11 Å². The number of aliphatic carboxylic acids is 1. The van der Waals surface area contributed by atoms with Crippen molar-refractivity contribution in [2.24, 2.45) is 23.2 Å². The Labute approximate surface area is 193 Å². The molecule has 2 bridgehead atoms. The summed E-state index contributed by atoms with van der Waals surface area (Å²) < 4.78 is 29.4. The van der Waals surface area contributed by atoms with Crippen LogP contribution in [0, 0.1) is 23.2 Å². The van der Waals surface area contributed by atoms with Gasteiger partial charge in [0.1, 0.15) is 0 Å². The molecule has 5 nitrogen and oxygen atoms in total. The Morgan fingerprint density at radius 1 is 1.16 bits per heavy atom. The Morgan fingerprint density at radius 3 is 2.38 bits per heavy atom. The highest BCUT2D eigenvalue weighted by atomic mass is 32.2. The average molecular weight is 462 g/mol. The molecular formula is C26H39NO4S. The Hall–Kier alpha value is -1.66. The van der Waals surface area contributed by atoms with Crippen molar-refractivity contribution in [3.63, 3.8) is 0 Å². The van der Waals surface area contributed by atoms with E-state index in [2.05, 4.69) is 51.5 Å². The molecule has 1 aromatic carbocycles. The van der Waals surface area contributed by atoms with Crippen molar-refractivity contribution in [2.45, 2.75) is 89.5 Å². The second kappa shape index (κ2) is 9.30. The lowest BCUT2D eigenvalue weighted by Crippen LogP contribution is -2.61. The fourth-order valence-electron chi connectivity index (χ4n) is 5.55. The van der Waals surface area contributed by atoms with Crippen LogP contribution in [0.15, 0.2) is 41.3 Å². The summed E-state index contributed by atoms with van der Waals surface area (Å²) in [7, 11) is -3.58. The van der Waals surface area contributed by atoms with Gasteiger partial charge in [-0.3, -0.25) is 4.79 Å². The van der Waals surface area contributed by atoms with Gasteiger partial charge in [-0.2, -0.15) is 0 Å². The summed E-state index contributed by atoms with van der Waals surface area (Å²) in [6.45, 7) is 11.0. The van der Waals surface area contributed by atoms with Crippen molar-refractivity contribution in [3.8, 4) is 0 Å². The van der Waals surface area contributed by atoms with Crippen molar-refractivity contribution >= 4 is 16.0 Å². The standard InChI is InChI=1S/C26H39NO4S/c1-25(2,3)18-12-14-20(15-13-18)32(30,31)27-23-17-19-16-22(26(19,4)5)21(23)10-8-6-7-9-11-24(28)29/h6,8,12-15,19,21-23,27H,7,9-11,16-17H2,1-5H3,(H,28,29)/t19-,21+,22+,23+/m1/s1. The van der Waals surface area contributed by atoms with Crippen LogP contribution < -0.4 is 4.72 Å². The molecule has 3 saturated carbocycles. The van der Waals surface area contributed by atoms with E-state index in [0.717, 1.165) is 24.8 Å². The van der Waals surface area contributed by atoms with Crippen LogP contribution >= 0.6 is 0 Å². The van der Waals surface area contributed by atoms with Crippen molar-refractivity contribution in [1.82, 2.24) is 4.72 Å². The zero-order chi connectivity index (χ0) is 23.7. The number of hydrogen-bond donors (Lipinski definition) is 2. The number of carbonyl (C=O) groups is 1. The predicted octanol–water partition coefficient (Wildman–Crippen LogP) is 5.51. The van der Waals surface area contributed by atoms with E-state index in [4.69, 9.17) is 5.11 Å². The van der Waals surface area contributed by atoms with Gasteiger partial charge in [-0.25, -0.2) is 13.1 Å². The first-order chi connectivity index (χ1) is 14.8. The van der Waals surface area contributed by atoms with Gasteiger partial charge in [0, 0.05) is 12.5 Å². The second-order valence-electron chi connectivity index (χ2n) is 11.3. The maximum atomic E-state index is 13.2. The van der Waals surface area contributed by atoms with Gasteiger partial charge in [-0.1, -0.05) is 58.9 Å². The first-order valence-corrected chi connectivity index (χ1v) is 13.3. The highest BCUT2D eigenvalue weighted by Crippen LogP contribution is 2.62. The Kier molecular flexibility index (Phi) is 7.26. The number of benzene rings is 1. The summed E-state index contributed by atoms with van der Waals surface area (Å²) in [4.78, 5) is 11.0. The first-order valence-electron chi connectivity index (χ1n) is 11.8. The largest absolute Gasteiger partial charge is 0.481 e. The van der Waals surface area contributed by atoms with Crippen molar-refractivity contribution in [2.75, 3.05) is 0 Å². The van der Waals surface area contributed by atoms with Crippen LogP contribution in [0.1, 0.15) is 78.7 Å². The number of sulfonamides is 1. The molecule has 0 saturated heterocycles. The summed E-state index contributed by atoms with van der Waals surface area (Å²) in [5.74, 6) is 0.549. The number of allylic oxidation sites excluding steroid dienone is 2. The molecule has 4 atom stereocenters. The van der Waals surface area contributed by atoms with Gasteiger partial charge in [0.05, 0.1) is 4.90 Å². The molecule has 0 heterocycles. The summed E-state index contributed by atoms with van der Waals surface area (Å²) in [6, 6.07) is 7.19. The van der Waals surface area contributed by atoms with Crippen LogP contribution in [0.3, 0.4) is 0 Å². The molecule has 0 unspecified atom stereocenters.